The molecule has 2 rings (SSSR count). The largest absolute Gasteiger partial charge is 0.311 e. The van der Waals surface area contributed by atoms with Gasteiger partial charge in [-0.1, -0.05) is 12.5 Å². The second-order valence-corrected chi connectivity index (χ2v) is 4.87. The summed E-state index contributed by atoms with van der Waals surface area (Å²) in [5.74, 6) is 2.30. The topological polar surface area (TPSA) is 24.9 Å². The highest BCUT2D eigenvalue weighted by atomic mass is 35.5. The molecule has 1 fully saturated rings. The average Bonchev–Trinajstić information content (AvgIpc) is 2.78. The lowest BCUT2D eigenvalue weighted by atomic mass is 9.98. The van der Waals surface area contributed by atoms with Gasteiger partial charge in [-0.05, 0) is 43.4 Å². The number of nitrogens with zero attached hydrogens (tertiary/aromatic N) is 1. The summed E-state index contributed by atoms with van der Waals surface area (Å²) in [7, 11) is 0. The fraction of sp³-hybridized carbons (Fsp3) is 0.615. The lowest BCUT2D eigenvalue weighted by Gasteiger charge is -2.17. The van der Waals surface area contributed by atoms with Gasteiger partial charge in [-0.2, -0.15) is 0 Å². The van der Waals surface area contributed by atoms with Gasteiger partial charge in [0, 0.05) is 18.6 Å². The van der Waals surface area contributed by atoms with Gasteiger partial charge >= 0.3 is 0 Å². The van der Waals surface area contributed by atoms with Crippen molar-refractivity contribution in [3.05, 3.63) is 30.1 Å². The van der Waals surface area contributed by atoms with E-state index < -0.39 is 0 Å². The maximum Gasteiger partial charge on any atom is 0.0541 e. The molecule has 0 radical (unpaired) electrons. The number of halogens is 1. The number of hydrogen-bond donors (Lipinski definition) is 1. The zero-order valence-electron chi connectivity index (χ0n) is 9.53. The summed E-state index contributed by atoms with van der Waals surface area (Å²) < 4.78 is 0. The first-order chi connectivity index (χ1) is 7.90. The zero-order valence-corrected chi connectivity index (χ0v) is 10.3. The van der Waals surface area contributed by atoms with E-state index >= 15 is 0 Å². The van der Waals surface area contributed by atoms with Crippen molar-refractivity contribution in [2.75, 3.05) is 12.4 Å². The normalized spacial score (nSPS) is 24.8. The Labute approximate surface area is 102 Å². The van der Waals surface area contributed by atoms with E-state index in [-0.39, 0.29) is 0 Å². The van der Waals surface area contributed by atoms with Crippen LogP contribution < -0.4 is 5.32 Å². The van der Waals surface area contributed by atoms with Crippen LogP contribution in [0.15, 0.2) is 24.4 Å². The van der Waals surface area contributed by atoms with Crippen molar-refractivity contribution in [2.45, 2.75) is 25.8 Å². The van der Waals surface area contributed by atoms with Crippen molar-refractivity contribution in [3.8, 4) is 0 Å². The Bertz CT molecular complexity index is 302. The van der Waals surface area contributed by atoms with Gasteiger partial charge in [-0.15, -0.1) is 11.6 Å². The summed E-state index contributed by atoms with van der Waals surface area (Å²) in [6.45, 7) is 1.94. The van der Waals surface area contributed by atoms with Crippen LogP contribution in [0.3, 0.4) is 0 Å². The van der Waals surface area contributed by atoms with Crippen LogP contribution in [0.25, 0.3) is 0 Å². The maximum atomic E-state index is 5.96. The average molecular weight is 239 g/mol. The fourth-order valence-corrected chi connectivity index (χ4v) is 2.88. The SMILES string of the molecule is ClCC1CCCC1CNCc1ccccn1. The van der Waals surface area contributed by atoms with E-state index in [1.807, 2.05) is 18.3 Å². The third kappa shape index (κ3) is 3.19. The summed E-state index contributed by atoms with van der Waals surface area (Å²) in [5, 5.41) is 3.49. The van der Waals surface area contributed by atoms with Gasteiger partial charge in [-0.25, -0.2) is 0 Å². The predicted molar refractivity (Wildman–Crippen MR) is 67.5 cm³/mol. The zero-order chi connectivity index (χ0) is 11.2. The van der Waals surface area contributed by atoms with Crippen molar-refractivity contribution in [1.82, 2.24) is 10.3 Å². The summed E-state index contributed by atoms with van der Waals surface area (Å²) >= 11 is 5.96. The van der Waals surface area contributed by atoms with E-state index in [1.165, 1.54) is 19.3 Å². The standard InChI is InChI=1S/C13H19ClN2/c14-8-11-4-3-5-12(11)9-15-10-13-6-1-2-7-16-13/h1-2,6-7,11-12,15H,3-5,8-10H2. The van der Waals surface area contributed by atoms with Crippen molar-refractivity contribution in [1.29, 1.82) is 0 Å². The first-order valence-electron chi connectivity index (χ1n) is 6.06. The van der Waals surface area contributed by atoms with Gasteiger partial charge in [0.15, 0.2) is 0 Å². The van der Waals surface area contributed by atoms with Crippen LogP contribution >= 0.6 is 11.6 Å². The lowest BCUT2D eigenvalue weighted by molar-refractivity contribution is 0.394. The summed E-state index contributed by atoms with van der Waals surface area (Å²) in [4.78, 5) is 4.29. The molecular formula is C13H19ClN2. The number of nitrogens with one attached hydrogen (secondary N) is 1. The summed E-state index contributed by atoms with van der Waals surface area (Å²) in [6.07, 6.45) is 5.81. The Morgan fingerprint density at radius 3 is 2.94 bits per heavy atom. The van der Waals surface area contributed by atoms with Crippen LogP contribution in [-0.4, -0.2) is 17.4 Å². The molecule has 2 atom stereocenters. The maximum absolute atomic E-state index is 5.96. The van der Waals surface area contributed by atoms with Crippen molar-refractivity contribution in [2.24, 2.45) is 11.8 Å². The number of pyridine rings is 1. The quantitative estimate of drug-likeness (QED) is 0.798. The summed E-state index contributed by atoms with van der Waals surface area (Å²) in [5.41, 5.74) is 1.11. The molecule has 0 saturated heterocycles. The molecule has 0 bridgehead atoms. The predicted octanol–water partition coefficient (Wildman–Crippen LogP) is 2.83. The highest BCUT2D eigenvalue weighted by Crippen LogP contribution is 2.31. The molecule has 1 aromatic rings. The van der Waals surface area contributed by atoms with Gasteiger partial charge in [0.25, 0.3) is 0 Å². The molecule has 1 heterocycles. The van der Waals surface area contributed by atoms with E-state index in [9.17, 15) is 0 Å². The minimum atomic E-state index is 0.720. The molecular weight excluding hydrogens is 220 g/mol. The molecule has 88 valence electrons. The molecule has 2 nitrogen and oxygen atoms in total. The third-order valence-corrected chi connectivity index (χ3v) is 3.85. The second-order valence-electron chi connectivity index (χ2n) is 4.56. The molecule has 1 aromatic heterocycles. The summed E-state index contributed by atoms with van der Waals surface area (Å²) in [6, 6.07) is 6.03. The molecule has 0 spiro atoms. The van der Waals surface area contributed by atoms with Crippen LogP contribution in [0.1, 0.15) is 25.0 Å². The molecule has 2 unspecified atom stereocenters. The highest BCUT2D eigenvalue weighted by Gasteiger charge is 2.25. The molecule has 1 aliphatic carbocycles. The number of rotatable bonds is 5. The molecule has 0 aromatic carbocycles. The molecule has 1 aliphatic rings. The molecule has 1 N–H and O–H groups in total. The first-order valence-corrected chi connectivity index (χ1v) is 6.60. The minimum Gasteiger partial charge on any atom is -0.311 e. The Morgan fingerprint density at radius 2 is 2.19 bits per heavy atom. The number of hydrogen-bond acceptors (Lipinski definition) is 2. The van der Waals surface area contributed by atoms with Gasteiger partial charge < -0.3 is 5.32 Å². The lowest BCUT2D eigenvalue weighted by Crippen LogP contribution is -2.25. The van der Waals surface area contributed by atoms with Crippen molar-refractivity contribution < 1.29 is 0 Å². The Kier molecular flexibility index (Phi) is 4.61. The highest BCUT2D eigenvalue weighted by molar-refractivity contribution is 6.18. The van der Waals surface area contributed by atoms with Crippen molar-refractivity contribution >= 4 is 11.6 Å². The first kappa shape index (κ1) is 11.9. The molecule has 0 amide bonds. The van der Waals surface area contributed by atoms with Gasteiger partial charge in [0.2, 0.25) is 0 Å². The number of alkyl halides is 1. The van der Waals surface area contributed by atoms with E-state index in [0.29, 0.717) is 0 Å². The van der Waals surface area contributed by atoms with Crippen LogP contribution in [0.5, 0.6) is 0 Å². The van der Waals surface area contributed by atoms with Crippen molar-refractivity contribution in [3.63, 3.8) is 0 Å². The van der Waals surface area contributed by atoms with E-state index in [1.54, 1.807) is 0 Å². The second kappa shape index (κ2) is 6.21. The molecule has 3 heteroatoms. The molecule has 1 saturated carbocycles. The molecule has 0 aliphatic heterocycles. The minimum absolute atomic E-state index is 0.720. The monoisotopic (exact) mass is 238 g/mol. The smallest absolute Gasteiger partial charge is 0.0541 e. The Morgan fingerprint density at radius 1 is 1.31 bits per heavy atom. The Hall–Kier alpha value is -0.600. The number of aromatic nitrogens is 1. The van der Waals surface area contributed by atoms with Crippen LogP contribution in [0.2, 0.25) is 0 Å². The van der Waals surface area contributed by atoms with Crippen LogP contribution in [0.4, 0.5) is 0 Å². The third-order valence-electron chi connectivity index (χ3n) is 3.45. The molecule has 16 heavy (non-hydrogen) atoms. The van der Waals surface area contributed by atoms with E-state index in [0.717, 1.165) is 36.5 Å². The van der Waals surface area contributed by atoms with Gasteiger partial charge in [0.1, 0.15) is 0 Å². The van der Waals surface area contributed by atoms with E-state index in [4.69, 9.17) is 11.6 Å². The van der Waals surface area contributed by atoms with Gasteiger partial charge in [-0.3, -0.25) is 4.98 Å². The van der Waals surface area contributed by atoms with Gasteiger partial charge in [0.05, 0.1) is 5.69 Å². The fourth-order valence-electron chi connectivity index (χ4n) is 2.47. The van der Waals surface area contributed by atoms with E-state index in [2.05, 4.69) is 16.4 Å². The van der Waals surface area contributed by atoms with Crippen LogP contribution in [0, 0.1) is 11.8 Å². The van der Waals surface area contributed by atoms with Crippen LogP contribution in [-0.2, 0) is 6.54 Å². The Balaban J connectivity index is 1.72.